The molecule has 0 bridgehead atoms. The summed E-state index contributed by atoms with van der Waals surface area (Å²) in [6.45, 7) is 3.72. The van der Waals surface area contributed by atoms with Gasteiger partial charge in [-0.2, -0.15) is 0 Å². The number of thiazole rings is 1. The Morgan fingerprint density at radius 3 is 2.46 bits per heavy atom. The van der Waals surface area contributed by atoms with Crippen LogP contribution in [0.5, 0.6) is 5.75 Å². The minimum absolute atomic E-state index is 0.218. The molecule has 1 aliphatic rings. The minimum atomic E-state index is -0.650. The Hall–Kier alpha value is -4.08. The molecule has 0 N–H and O–H groups in total. The molecule has 4 aromatic rings. The number of carbonyl (C=O) groups is 2. The van der Waals surface area contributed by atoms with Crippen molar-refractivity contribution < 1.29 is 19.1 Å². The van der Waals surface area contributed by atoms with Gasteiger partial charge in [-0.25, -0.2) is 14.6 Å². The Morgan fingerprint density at radius 2 is 1.77 bits per heavy atom. The number of fused-ring (bicyclic) bond motifs is 1. The minimum Gasteiger partial charge on any atom is -0.463 e. The van der Waals surface area contributed by atoms with Gasteiger partial charge in [-0.1, -0.05) is 75.8 Å². The number of carbonyl (C=O) groups excluding carboxylic acids is 2. The number of halogens is 1. The van der Waals surface area contributed by atoms with E-state index in [1.165, 1.54) is 11.3 Å². The highest BCUT2D eigenvalue weighted by Crippen LogP contribution is 2.30. The van der Waals surface area contributed by atoms with Crippen LogP contribution < -0.4 is 19.6 Å². The van der Waals surface area contributed by atoms with Crippen LogP contribution in [0.15, 0.2) is 104 Å². The molecule has 0 saturated heterocycles. The number of nitrogens with zero attached hydrogens (tertiary/aromatic N) is 2. The highest BCUT2D eigenvalue weighted by molar-refractivity contribution is 9.10. The molecule has 1 aliphatic heterocycles. The average molecular weight is 603 g/mol. The van der Waals surface area contributed by atoms with Crippen LogP contribution in [-0.2, 0) is 9.53 Å². The molecule has 196 valence electrons. The fourth-order valence-electron chi connectivity index (χ4n) is 4.31. The predicted octanol–water partition coefficient (Wildman–Crippen LogP) is 4.78. The van der Waals surface area contributed by atoms with Crippen molar-refractivity contribution in [1.82, 2.24) is 4.57 Å². The van der Waals surface area contributed by atoms with E-state index in [0.717, 1.165) is 15.6 Å². The third-order valence-electron chi connectivity index (χ3n) is 6.08. The smallest absolute Gasteiger partial charge is 0.343 e. The van der Waals surface area contributed by atoms with Crippen LogP contribution in [0.3, 0.4) is 0 Å². The van der Waals surface area contributed by atoms with E-state index in [0.29, 0.717) is 31.9 Å². The molecule has 0 fully saturated rings. The van der Waals surface area contributed by atoms with Crippen molar-refractivity contribution in [2.45, 2.75) is 19.9 Å². The molecule has 39 heavy (non-hydrogen) atoms. The SMILES string of the molecule is CCOC(=O)C1=C(C)N=c2s/c(=C\c3ccc(OC(=O)c4cccc(Br)c4)cc3)c(=O)n2[C@@H]1c1ccccc1. The number of esters is 2. The monoisotopic (exact) mass is 602 g/mol. The molecule has 1 aromatic heterocycles. The quantitative estimate of drug-likeness (QED) is 0.234. The third kappa shape index (κ3) is 5.55. The Labute approximate surface area is 236 Å². The molecular weight excluding hydrogens is 580 g/mol. The first kappa shape index (κ1) is 26.5. The number of hydrogen-bond donors (Lipinski definition) is 0. The van der Waals surface area contributed by atoms with Gasteiger partial charge in [0, 0.05) is 4.47 Å². The molecule has 0 amide bonds. The number of aromatic nitrogens is 1. The first-order chi connectivity index (χ1) is 18.9. The van der Waals surface area contributed by atoms with E-state index in [4.69, 9.17) is 9.47 Å². The molecular formula is C30H23BrN2O5S. The van der Waals surface area contributed by atoms with Crippen molar-refractivity contribution in [3.63, 3.8) is 0 Å². The highest BCUT2D eigenvalue weighted by Gasteiger charge is 2.33. The second-order valence-electron chi connectivity index (χ2n) is 8.68. The number of ether oxygens (including phenoxy) is 2. The first-order valence-electron chi connectivity index (χ1n) is 12.2. The number of allylic oxidation sites excluding steroid dienone is 1. The maximum Gasteiger partial charge on any atom is 0.343 e. The Morgan fingerprint density at radius 1 is 1.03 bits per heavy atom. The van der Waals surface area contributed by atoms with Crippen molar-refractivity contribution >= 4 is 45.3 Å². The summed E-state index contributed by atoms with van der Waals surface area (Å²) in [4.78, 5) is 44.1. The van der Waals surface area contributed by atoms with Crippen LogP contribution in [-0.4, -0.2) is 23.1 Å². The van der Waals surface area contributed by atoms with Crippen molar-refractivity contribution in [2.75, 3.05) is 6.61 Å². The molecule has 0 radical (unpaired) electrons. The maximum atomic E-state index is 13.7. The lowest BCUT2D eigenvalue weighted by molar-refractivity contribution is -0.139. The van der Waals surface area contributed by atoms with Gasteiger partial charge in [0.25, 0.3) is 5.56 Å². The van der Waals surface area contributed by atoms with E-state index in [9.17, 15) is 14.4 Å². The standard InChI is InChI=1S/C30H23BrN2O5S/c1-3-37-29(36)25-18(2)32-30-33(26(25)20-8-5-4-6-9-20)27(34)24(39-30)16-19-12-14-23(15-13-19)38-28(35)21-10-7-11-22(31)17-21/h4-17,26H,3H2,1-2H3/b24-16-/t26-/m1/s1. The van der Waals surface area contributed by atoms with Gasteiger partial charge in [-0.05, 0) is 61.4 Å². The topological polar surface area (TPSA) is 87.0 Å². The molecule has 0 saturated carbocycles. The third-order valence-corrected chi connectivity index (χ3v) is 7.56. The van der Waals surface area contributed by atoms with Crippen molar-refractivity contribution in [1.29, 1.82) is 0 Å². The summed E-state index contributed by atoms with van der Waals surface area (Å²) in [5, 5.41) is 0. The number of hydrogen-bond acceptors (Lipinski definition) is 7. The van der Waals surface area contributed by atoms with Gasteiger partial charge in [-0.15, -0.1) is 0 Å². The zero-order valence-corrected chi connectivity index (χ0v) is 23.5. The van der Waals surface area contributed by atoms with E-state index in [-0.39, 0.29) is 12.2 Å². The lowest BCUT2D eigenvalue weighted by Crippen LogP contribution is -2.39. The first-order valence-corrected chi connectivity index (χ1v) is 13.8. The summed E-state index contributed by atoms with van der Waals surface area (Å²) in [6, 6.07) is 22.6. The van der Waals surface area contributed by atoms with Crippen LogP contribution in [0, 0.1) is 0 Å². The molecule has 0 spiro atoms. The summed E-state index contributed by atoms with van der Waals surface area (Å²) in [6.07, 6.45) is 1.76. The fourth-order valence-corrected chi connectivity index (χ4v) is 5.75. The molecule has 0 aliphatic carbocycles. The summed E-state index contributed by atoms with van der Waals surface area (Å²) in [5.41, 5.74) is 2.58. The largest absolute Gasteiger partial charge is 0.463 e. The molecule has 3 aromatic carbocycles. The van der Waals surface area contributed by atoms with E-state index < -0.39 is 18.0 Å². The van der Waals surface area contributed by atoms with Gasteiger partial charge in [0.1, 0.15) is 5.75 Å². The lowest BCUT2D eigenvalue weighted by atomic mass is 9.96. The highest BCUT2D eigenvalue weighted by atomic mass is 79.9. The Bertz CT molecular complexity index is 1770. The average Bonchev–Trinajstić information content (AvgIpc) is 3.23. The van der Waals surface area contributed by atoms with Gasteiger partial charge < -0.3 is 9.47 Å². The van der Waals surface area contributed by atoms with Crippen molar-refractivity contribution in [3.05, 3.63) is 131 Å². The normalized spacial score (nSPS) is 14.9. The van der Waals surface area contributed by atoms with Gasteiger partial charge in [0.05, 0.1) is 34.0 Å². The van der Waals surface area contributed by atoms with Crippen LogP contribution >= 0.6 is 27.3 Å². The molecule has 2 heterocycles. The van der Waals surface area contributed by atoms with Gasteiger partial charge in [0.15, 0.2) is 4.80 Å². The molecule has 7 nitrogen and oxygen atoms in total. The zero-order valence-electron chi connectivity index (χ0n) is 21.1. The Kier molecular flexibility index (Phi) is 7.72. The van der Waals surface area contributed by atoms with Crippen LogP contribution in [0.1, 0.15) is 41.4 Å². The van der Waals surface area contributed by atoms with Crippen LogP contribution in [0.25, 0.3) is 6.08 Å². The maximum absolute atomic E-state index is 13.7. The van der Waals surface area contributed by atoms with Crippen molar-refractivity contribution in [2.24, 2.45) is 4.99 Å². The molecule has 5 rings (SSSR count). The van der Waals surface area contributed by atoms with E-state index in [1.807, 2.05) is 36.4 Å². The van der Waals surface area contributed by atoms with Crippen molar-refractivity contribution in [3.8, 4) is 5.75 Å². The van der Waals surface area contributed by atoms with Crippen LogP contribution in [0.4, 0.5) is 0 Å². The summed E-state index contributed by atoms with van der Waals surface area (Å²) in [5.74, 6) is -0.571. The van der Waals surface area contributed by atoms with Gasteiger partial charge >= 0.3 is 11.9 Å². The van der Waals surface area contributed by atoms with E-state index in [1.54, 1.807) is 67.0 Å². The Balaban J connectivity index is 1.49. The number of rotatable bonds is 6. The molecule has 0 unspecified atom stereocenters. The molecule has 1 atom stereocenters. The second-order valence-corrected chi connectivity index (χ2v) is 10.6. The van der Waals surface area contributed by atoms with E-state index in [2.05, 4.69) is 20.9 Å². The fraction of sp³-hybridized carbons (Fsp3) is 0.133. The number of benzene rings is 3. The second kappa shape index (κ2) is 11.3. The van der Waals surface area contributed by atoms with Crippen LogP contribution in [0.2, 0.25) is 0 Å². The summed E-state index contributed by atoms with van der Waals surface area (Å²) < 4.78 is 13.6. The van der Waals surface area contributed by atoms with E-state index >= 15 is 0 Å². The van der Waals surface area contributed by atoms with Gasteiger partial charge in [-0.3, -0.25) is 9.36 Å². The zero-order chi connectivity index (χ0) is 27.5. The summed E-state index contributed by atoms with van der Waals surface area (Å²) in [7, 11) is 0. The lowest BCUT2D eigenvalue weighted by Gasteiger charge is -2.24. The predicted molar refractivity (Wildman–Crippen MR) is 152 cm³/mol. The van der Waals surface area contributed by atoms with Gasteiger partial charge in [0.2, 0.25) is 0 Å². The molecule has 9 heteroatoms. The summed E-state index contributed by atoms with van der Waals surface area (Å²) >= 11 is 4.60.